The van der Waals surface area contributed by atoms with E-state index in [1.165, 1.54) is 16.8 Å². The van der Waals surface area contributed by atoms with Crippen molar-refractivity contribution in [1.29, 1.82) is 0 Å². The molecule has 2 aliphatic rings. The van der Waals surface area contributed by atoms with Crippen molar-refractivity contribution < 1.29 is 9.59 Å². The van der Waals surface area contributed by atoms with Gasteiger partial charge in [-0.05, 0) is 49.7 Å². The summed E-state index contributed by atoms with van der Waals surface area (Å²) < 4.78 is 0. The molecule has 1 atom stereocenters. The highest BCUT2D eigenvalue weighted by molar-refractivity contribution is 5.87. The standard InChI is InChI=1S/C23H30N4O2/c1-17(28)27-13-5-8-21(27)23(29)26-14-11-19(12-15-26)22-20(16-24-25-22)10-9-18-6-3-2-4-7-18/h2-4,6-7,16,19,21H,5,8-15H2,1H3,(H,24,25)/t21-/m0/s1. The van der Waals surface area contributed by atoms with Crippen LogP contribution in [0.5, 0.6) is 0 Å². The third kappa shape index (κ3) is 4.36. The summed E-state index contributed by atoms with van der Waals surface area (Å²) in [6.07, 6.45) is 7.54. The third-order valence-electron chi connectivity index (χ3n) is 6.43. The quantitative estimate of drug-likeness (QED) is 0.848. The van der Waals surface area contributed by atoms with E-state index in [0.29, 0.717) is 12.5 Å². The predicted molar refractivity (Wildman–Crippen MR) is 111 cm³/mol. The van der Waals surface area contributed by atoms with E-state index in [1.54, 1.807) is 11.8 Å². The summed E-state index contributed by atoms with van der Waals surface area (Å²) in [5, 5.41) is 7.53. The smallest absolute Gasteiger partial charge is 0.245 e. The van der Waals surface area contributed by atoms with Gasteiger partial charge in [0.05, 0.1) is 6.20 Å². The van der Waals surface area contributed by atoms with E-state index in [4.69, 9.17) is 0 Å². The fraction of sp³-hybridized carbons (Fsp3) is 0.522. The van der Waals surface area contributed by atoms with Crippen LogP contribution in [0.3, 0.4) is 0 Å². The molecular formula is C23H30N4O2. The molecular weight excluding hydrogens is 364 g/mol. The summed E-state index contributed by atoms with van der Waals surface area (Å²) in [6.45, 7) is 3.78. The highest BCUT2D eigenvalue weighted by Crippen LogP contribution is 2.31. The average molecular weight is 395 g/mol. The second-order valence-electron chi connectivity index (χ2n) is 8.26. The van der Waals surface area contributed by atoms with Crippen molar-refractivity contribution in [3.63, 3.8) is 0 Å². The zero-order valence-corrected chi connectivity index (χ0v) is 17.1. The maximum absolute atomic E-state index is 12.9. The number of nitrogens with zero attached hydrogens (tertiary/aromatic N) is 3. The number of rotatable bonds is 5. The van der Waals surface area contributed by atoms with Gasteiger partial charge in [-0.1, -0.05) is 30.3 Å². The molecule has 2 saturated heterocycles. The van der Waals surface area contributed by atoms with E-state index >= 15 is 0 Å². The van der Waals surface area contributed by atoms with Gasteiger partial charge in [-0.25, -0.2) is 0 Å². The zero-order chi connectivity index (χ0) is 20.2. The molecule has 0 bridgehead atoms. The van der Waals surface area contributed by atoms with Crippen LogP contribution < -0.4 is 0 Å². The minimum absolute atomic E-state index is 0.0104. The lowest BCUT2D eigenvalue weighted by molar-refractivity contribution is -0.143. The Morgan fingerprint density at radius 1 is 1.07 bits per heavy atom. The molecule has 4 rings (SSSR count). The molecule has 0 unspecified atom stereocenters. The van der Waals surface area contributed by atoms with E-state index < -0.39 is 0 Å². The second-order valence-corrected chi connectivity index (χ2v) is 8.26. The van der Waals surface area contributed by atoms with E-state index in [0.717, 1.165) is 51.6 Å². The lowest BCUT2D eigenvalue weighted by atomic mass is 9.89. The van der Waals surface area contributed by atoms with E-state index in [1.807, 2.05) is 17.2 Å². The first-order valence-corrected chi connectivity index (χ1v) is 10.8. The predicted octanol–water partition coefficient (Wildman–Crippen LogP) is 2.91. The second kappa shape index (κ2) is 8.80. The van der Waals surface area contributed by atoms with Crippen LogP contribution in [-0.4, -0.2) is 57.5 Å². The summed E-state index contributed by atoms with van der Waals surface area (Å²) in [4.78, 5) is 28.4. The largest absolute Gasteiger partial charge is 0.341 e. The van der Waals surface area contributed by atoms with Gasteiger partial charge in [0.2, 0.25) is 11.8 Å². The molecule has 6 heteroatoms. The van der Waals surface area contributed by atoms with Gasteiger partial charge in [0.25, 0.3) is 0 Å². The van der Waals surface area contributed by atoms with Crippen LogP contribution in [0, 0.1) is 0 Å². The van der Waals surface area contributed by atoms with Crippen molar-refractivity contribution in [2.24, 2.45) is 0 Å². The summed E-state index contributed by atoms with van der Waals surface area (Å²) in [7, 11) is 0. The molecule has 154 valence electrons. The number of nitrogens with one attached hydrogen (secondary N) is 1. The normalized spacial score (nSPS) is 20.2. The number of amides is 2. The Kier molecular flexibility index (Phi) is 5.97. The Morgan fingerprint density at radius 2 is 1.83 bits per heavy atom. The molecule has 1 aromatic heterocycles. The van der Waals surface area contributed by atoms with Gasteiger partial charge in [0.15, 0.2) is 0 Å². The molecule has 2 aliphatic heterocycles. The van der Waals surface area contributed by atoms with Gasteiger partial charge < -0.3 is 9.80 Å². The first-order chi connectivity index (χ1) is 14.1. The van der Waals surface area contributed by atoms with Crippen LogP contribution >= 0.6 is 0 Å². The van der Waals surface area contributed by atoms with Crippen LogP contribution in [0.15, 0.2) is 36.5 Å². The number of hydrogen-bond acceptors (Lipinski definition) is 3. The lowest BCUT2D eigenvalue weighted by Gasteiger charge is -2.35. The third-order valence-corrected chi connectivity index (χ3v) is 6.43. The minimum Gasteiger partial charge on any atom is -0.341 e. The molecule has 2 fully saturated rings. The number of aryl methyl sites for hydroxylation is 2. The number of hydrogen-bond donors (Lipinski definition) is 1. The first-order valence-electron chi connectivity index (χ1n) is 10.8. The van der Waals surface area contributed by atoms with E-state index in [9.17, 15) is 9.59 Å². The molecule has 1 aromatic carbocycles. The van der Waals surface area contributed by atoms with E-state index in [-0.39, 0.29) is 17.9 Å². The van der Waals surface area contributed by atoms with Crippen LogP contribution in [0.1, 0.15) is 55.3 Å². The summed E-state index contributed by atoms with van der Waals surface area (Å²) >= 11 is 0. The Labute approximate surface area is 172 Å². The highest BCUT2D eigenvalue weighted by atomic mass is 16.2. The van der Waals surface area contributed by atoms with E-state index in [2.05, 4.69) is 34.5 Å². The van der Waals surface area contributed by atoms with Gasteiger partial charge in [-0.15, -0.1) is 0 Å². The zero-order valence-electron chi connectivity index (χ0n) is 17.1. The van der Waals surface area contributed by atoms with Crippen molar-refractivity contribution in [2.75, 3.05) is 19.6 Å². The Hall–Kier alpha value is -2.63. The topological polar surface area (TPSA) is 69.3 Å². The number of benzene rings is 1. The Morgan fingerprint density at radius 3 is 2.55 bits per heavy atom. The van der Waals surface area contributed by atoms with Crippen molar-refractivity contribution in [3.8, 4) is 0 Å². The summed E-state index contributed by atoms with van der Waals surface area (Å²) in [5.41, 5.74) is 3.86. The molecule has 2 aromatic rings. The minimum atomic E-state index is -0.252. The van der Waals surface area contributed by atoms with Gasteiger partial charge in [-0.2, -0.15) is 5.10 Å². The maximum atomic E-state index is 12.9. The number of carbonyl (C=O) groups excluding carboxylic acids is 2. The lowest BCUT2D eigenvalue weighted by Crippen LogP contribution is -2.49. The molecule has 2 amide bonds. The monoisotopic (exact) mass is 394 g/mol. The first kappa shape index (κ1) is 19.7. The van der Waals surface area contributed by atoms with Crippen molar-refractivity contribution >= 4 is 11.8 Å². The fourth-order valence-corrected chi connectivity index (χ4v) is 4.80. The number of piperidine rings is 1. The van der Waals surface area contributed by atoms with Crippen molar-refractivity contribution in [2.45, 2.75) is 57.4 Å². The molecule has 6 nitrogen and oxygen atoms in total. The van der Waals surface area contributed by atoms with Crippen LogP contribution in [0.25, 0.3) is 0 Å². The molecule has 1 N–H and O–H groups in total. The number of aromatic amines is 1. The van der Waals surface area contributed by atoms with Gasteiger partial charge in [0.1, 0.15) is 6.04 Å². The van der Waals surface area contributed by atoms with Crippen molar-refractivity contribution in [3.05, 3.63) is 53.3 Å². The fourth-order valence-electron chi connectivity index (χ4n) is 4.80. The molecule has 29 heavy (non-hydrogen) atoms. The van der Waals surface area contributed by atoms with Crippen LogP contribution in [-0.2, 0) is 22.4 Å². The SMILES string of the molecule is CC(=O)N1CCC[C@H]1C(=O)N1CCC(c2[nH]ncc2CCc2ccccc2)CC1. The average Bonchev–Trinajstić information content (AvgIpc) is 3.42. The number of aromatic nitrogens is 2. The molecule has 0 spiro atoms. The Bertz CT molecular complexity index is 840. The van der Waals surface area contributed by atoms with Crippen molar-refractivity contribution in [1.82, 2.24) is 20.0 Å². The highest BCUT2D eigenvalue weighted by Gasteiger charge is 2.36. The molecule has 0 saturated carbocycles. The number of carbonyl (C=O) groups is 2. The molecule has 0 aliphatic carbocycles. The van der Waals surface area contributed by atoms with Gasteiger partial charge in [-0.3, -0.25) is 14.7 Å². The van der Waals surface area contributed by atoms with Crippen LogP contribution in [0.4, 0.5) is 0 Å². The Balaban J connectivity index is 1.34. The van der Waals surface area contributed by atoms with Gasteiger partial charge in [0, 0.05) is 38.2 Å². The number of likely N-dealkylation sites (tertiary alicyclic amines) is 2. The van der Waals surface area contributed by atoms with Gasteiger partial charge >= 0.3 is 0 Å². The molecule has 0 radical (unpaired) electrons. The van der Waals surface area contributed by atoms with Crippen LogP contribution in [0.2, 0.25) is 0 Å². The number of H-pyrrole nitrogens is 1. The maximum Gasteiger partial charge on any atom is 0.245 e. The summed E-state index contributed by atoms with van der Waals surface area (Å²) in [6, 6.07) is 10.3. The molecule has 3 heterocycles. The summed E-state index contributed by atoms with van der Waals surface area (Å²) in [5.74, 6) is 0.557.